The third kappa shape index (κ3) is 2.41. The fourth-order valence-electron chi connectivity index (χ4n) is 1.46. The van der Waals surface area contributed by atoms with Gasteiger partial charge in [0.15, 0.2) is 0 Å². The van der Waals surface area contributed by atoms with E-state index in [2.05, 4.69) is 10.3 Å². The molecule has 0 aliphatic carbocycles. The summed E-state index contributed by atoms with van der Waals surface area (Å²) in [6.45, 7) is 0. The van der Waals surface area contributed by atoms with E-state index in [1.165, 1.54) is 24.6 Å². The van der Waals surface area contributed by atoms with Crippen LogP contribution in [0.4, 0.5) is 19.0 Å². The van der Waals surface area contributed by atoms with Gasteiger partial charge in [-0.2, -0.15) is 13.2 Å². The Labute approximate surface area is 100 Å². The Kier molecular flexibility index (Phi) is 3.06. The van der Waals surface area contributed by atoms with E-state index in [1.54, 1.807) is 12.1 Å². The molecule has 6 heteroatoms. The van der Waals surface area contributed by atoms with Gasteiger partial charge in [-0.05, 0) is 17.5 Å². The van der Waals surface area contributed by atoms with Gasteiger partial charge in [0.2, 0.25) is 0 Å². The molecule has 0 unspecified atom stereocenters. The van der Waals surface area contributed by atoms with E-state index in [9.17, 15) is 13.2 Å². The average molecular weight is 258 g/mol. The number of anilines is 1. The summed E-state index contributed by atoms with van der Waals surface area (Å²) in [7, 11) is 1.42. The molecule has 0 saturated heterocycles. The van der Waals surface area contributed by atoms with E-state index in [0.717, 1.165) is 10.9 Å². The smallest absolute Gasteiger partial charge is 0.373 e. The second-order valence-electron chi connectivity index (χ2n) is 3.35. The molecule has 2 nitrogen and oxygen atoms in total. The van der Waals surface area contributed by atoms with Crippen LogP contribution in [0, 0.1) is 0 Å². The summed E-state index contributed by atoms with van der Waals surface area (Å²) in [6.07, 6.45) is -2.97. The van der Waals surface area contributed by atoms with Crippen molar-refractivity contribution in [3.63, 3.8) is 0 Å². The predicted octanol–water partition coefficient (Wildman–Crippen LogP) is 3.87. The number of halogens is 3. The lowest BCUT2D eigenvalue weighted by Crippen LogP contribution is -2.10. The molecule has 2 rings (SSSR count). The maximum Gasteiger partial charge on any atom is 0.419 e. The molecule has 0 bridgehead atoms. The van der Waals surface area contributed by atoms with Crippen molar-refractivity contribution >= 4 is 17.2 Å². The molecular formula is C11H9F3N2S. The fraction of sp³-hybridized carbons (Fsp3) is 0.182. The van der Waals surface area contributed by atoms with E-state index in [1.807, 2.05) is 5.38 Å². The number of nitrogens with zero attached hydrogens (tertiary/aromatic N) is 1. The number of hydrogen-bond donors (Lipinski definition) is 1. The molecule has 0 aliphatic heterocycles. The largest absolute Gasteiger partial charge is 0.419 e. The molecule has 2 aromatic rings. The van der Waals surface area contributed by atoms with Crippen molar-refractivity contribution < 1.29 is 13.2 Å². The number of aromatic nitrogens is 1. The molecular weight excluding hydrogens is 249 g/mol. The van der Waals surface area contributed by atoms with Crippen LogP contribution < -0.4 is 5.32 Å². The molecule has 0 spiro atoms. The van der Waals surface area contributed by atoms with Crippen molar-refractivity contribution in [2.75, 3.05) is 12.4 Å². The minimum atomic E-state index is -4.40. The van der Waals surface area contributed by atoms with Crippen molar-refractivity contribution in [2.24, 2.45) is 0 Å². The Morgan fingerprint density at radius 3 is 2.65 bits per heavy atom. The summed E-state index contributed by atoms with van der Waals surface area (Å²) in [4.78, 5) is 4.56. The Morgan fingerprint density at radius 1 is 1.35 bits per heavy atom. The second-order valence-corrected chi connectivity index (χ2v) is 4.29. The molecule has 0 atom stereocenters. The first-order valence-electron chi connectivity index (χ1n) is 4.81. The third-order valence-electron chi connectivity index (χ3n) is 2.24. The fourth-order valence-corrected chi connectivity index (χ4v) is 2.17. The van der Waals surface area contributed by atoms with Crippen molar-refractivity contribution in [1.29, 1.82) is 0 Å². The summed E-state index contributed by atoms with van der Waals surface area (Å²) < 4.78 is 38.3. The van der Waals surface area contributed by atoms with Crippen molar-refractivity contribution in [3.05, 3.63) is 35.3 Å². The molecule has 90 valence electrons. The van der Waals surface area contributed by atoms with Gasteiger partial charge in [-0.1, -0.05) is 6.07 Å². The first kappa shape index (κ1) is 11.9. The van der Waals surface area contributed by atoms with Gasteiger partial charge >= 0.3 is 6.18 Å². The van der Waals surface area contributed by atoms with E-state index in [-0.39, 0.29) is 5.82 Å². The molecule has 0 radical (unpaired) electrons. The second kappa shape index (κ2) is 4.37. The summed E-state index contributed by atoms with van der Waals surface area (Å²) in [5.74, 6) is -0.155. The molecule has 17 heavy (non-hydrogen) atoms. The highest BCUT2D eigenvalue weighted by molar-refractivity contribution is 7.13. The maximum atomic E-state index is 12.8. The summed E-state index contributed by atoms with van der Waals surface area (Å²) in [5.41, 5.74) is -0.266. The standard InChI is InChI=1S/C11H9F3N2S/c1-15-10-8(11(12,13)14)5-7(6-16-10)9-3-2-4-17-9/h2-6H,1H3,(H,15,16). The summed E-state index contributed by atoms with van der Waals surface area (Å²) in [5, 5.41) is 4.26. The SMILES string of the molecule is CNc1ncc(-c2cccs2)cc1C(F)(F)F. The number of nitrogens with one attached hydrogen (secondary N) is 1. The van der Waals surface area contributed by atoms with E-state index in [4.69, 9.17) is 0 Å². The van der Waals surface area contributed by atoms with Crippen LogP contribution in [0.25, 0.3) is 10.4 Å². The van der Waals surface area contributed by atoms with E-state index in [0.29, 0.717) is 5.56 Å². The van der Waals surface area contributed by atoms with E-state index >= 15 is 0 Å². The molecule has 2 aromatic heterocycles. The molecule has 0 fully saturated rings. The average Bonchev–Trinajstić information content (AvgIpc) is 2.80. The van der Waals surface area contributed by atoms with Gasteiger partial charge < -0.3 is 5.32 Å². The van der Waals surface area contributed by atoms with Gasteiger partial charge in [0.1, 0.15) is 5.82 Å². The minimum absolute atomic E-state index is 0.155. The number of alkyl halides is 3. The van der Waals surface area contributed by atoms with Gasteiger partial charge in [-0.3, -0.25) is 0 Å². The van der Waals surface area contributed by atoms with Crippen LogP contribution in [0.3, 0.4) is 0 Å². The van der Waals surface area contributed by atoms with Crippen LogP contribution in [0.5, 0.6) is 0 Å². The topological polar surface area (TPSA) is 24.9 Å². The first-order valence-corrected chi connectivity index (χ1v) is 5.69. The van der Waals surface area contributed by atoms with Gasteiger partial charge in [-0.25, -0.2) is 4.98 Å². The first-order chi connectivity index (χ1) is 8.02. The van der Waals surface area contributed by atoms with Gasteiger partial charge in [0.05, 0.1) is 5.56 Å². The molecule has 0 saturated carbocycles. The van der Waals surface area contributed by atoms with Crippen LogP contribution in [-0.2, 0) is 6.18 Å². The molecule has 0 aromatic carbocycles. The molecule has 0 aliphatic rings. The monoisotopic (exact) mass is 258 g/mol. The predicted molar refractivity (Wildman–Crippen MR) is 62.1 cm³/mol. The van der Waals surface area contributed by atoms with Crippen molar-refractivity contribution in [3.8, 4) is 10.4 Å². The van der Waals surface area contributed by atoms with Crippen LogP contribution in [-0.4, -0.2) is 12.0 Å². The number of thiophene rings is 1. The lowest BCUT2D eigenvalue weighted by atomic mass is 10.1. The lowest BCUT2D eigenvalue weighted by Gasteiger charge is -2.12. The highest BCUT2D eigenvalue weighted by Gasteiger charge is 2.34. The Hall–Kier alpha value is -1.56. The Balaban J connectivity index is 2.53. The van der Waals surface area contributed by atoms with E-state index < -0.39 is 11.7 Å². The number of pyridine rings is 1. The van der Waals surface area contributed by atoms with Crippen LogP contribution in [0.1, 0.15) is 5.56 Å². The highest BCUT2D eigenvalue weighted by Crippen LogP contribution is 2.36. The third-order valence-corrected chi connectivity index (χ3v) is 3.15. The van der Waals surface area contributed by atoms with Crippen molar-refractivity contribution in [1.82, 2.24) is 4.98 Å². The van der Waals surface area contributed by atoms with Gasteiger partial charge in [0, 0.05) is 23.7 Å². The number of hydrogen-bond acceptors (Lipinski definition) is 3. The van der Waals surface area contributed by atoms with Crippen LogP contribution in [0.2, 0.25) is 0 Å². The van der Waals surface area contributed by atoms with Crippen LogP contribution in [0.15, 0.2) is 29.8 Å². The Bertz CT molecular complexity index is 506. The maximum absolute atomic E-state index is 12.8. The van der Waals surface area contributed by atoms with Crippen LogP contribution >= 0.6 is 11.3 Å². The molecule has 2 heterocycles. The van der Waals surface area contributed by atoms with Gasteiger partial charge in [0.25, 0.3) is 0 Å². The lowest BCUT2D eigenvalue weighted by molar-refractivity contribution is -0.137. The quantitative estimate of drug-likeness (QED) is 0.884. The molecule has 1 N–H and O–H groups in total. The number of rotatable bonds is 2. The minimum Gasteiger partial charge on any atom is -0.373 e. The Morgan fingerprint density at radius 2 is 2.12 bits per heavy atom. The zero-order chi connectivity index (χ0) is 12.5. The zero-order valence-electron chi connectivity index (χ0n) is 8.88. The normalized spacial score (nSPS) is 11.5. The summed E-state index contributed by atoms with van der Waals surface area (Å²) in [6, 6.07) is 4.67. The van der Waals surface area contributed by atoms with Gasteiger partial charge in [-0.15, -0.1) is 11.3 Å². The highest BCUT2D eigenvalue weighted by atomic mass is 32.1. The van der Waals surface area contributed by atoms with Crippen molar-refractivity contribution in [2.45, 2.75) is 6.18 Å². The zero-order valence-corrected chi connectivity index (χ0v) is 9.69. The summed E-state index contributed by atoms with van der Waals surface area (Å²) >= 11 is 1.38. The molecule has 0 amide bonds.